The zero-order chi connectivity index (χ0) is 17.2. The second kappa shape index (κ2) is 6.76. The van der Waals surface area contributed by atoms with Gasteiger partial charge < -0.3 is 14.0 Å². The van der Waals surface area contributed by atoms with Gasteiger partial charge in [-0.2, -0.15) is 0 Å². The molecule has 0 amide bonds. The number of pyridine rings is 1. The molecule has 0 bridgehead atoms. The number of ether oxygens (including phenoxy) is 2. The standard InChI is InChI=1S/C20H22N2O3/c1-2-9-22-17-8-11-21(10-7-16(17)4-6-20(22)23)13-15-3-5-18-19(12-15)25-14-24-18/h2-6,12H,1,7-11,13-14H2. The van der Waals surface area contributed by atoms with Gasteiger partial charge in [0.15, 0.2) is 11.5 Å². The van der Waals surface area contributed by atoms with Gasteiger partial charge in [-0.15, -0.1) is 6.58 Å². The summed E-state index contributed by atoms with van der Waals surface area (Å²) in [6.45, 7) is 7.44. The minimum atomic E-state index is 0.0582. The average molecular weight is 338 g/mol. The van der Waals surface area contributed by atoms with Gasteiger partial charge in [-0.3, -0.25) is 9.69 Å². The zero-order valence-electron chi connectivity index (χ0n) is 14.2. The summed E-state index contributed by atoms with van der Waals surface area (Å²) in [5.41, 5.74) is 3.71. The Labute approximate surface area is 147 Å². The molecule has 0 spiro atoms. The number of allylic oxidation sites excluding steroid dienone is 1. The summed E-state index contributed by atoms with van der Waals surface area (Å²) in [6, 6.07) is 9.80. The molecule has 2 aliphatic heterocycles. The van der Waals surface area contributed by atoms with Crippen molar-refractivity contribution in [3.8, 4) is 11.5 Å². The molecule has 5 heteroatoms. The van der Waals surface area contributed by atoms with Gasteiger partial charge in [0.25, 0.3) is 5.56 Å². The summed E-state index contributed by atoms with van der Waals surface area (Å²) in [5.74, 6) is 1.65. The minimum absolute atomic E-state index is 0.0582. The van der Waals surface area contributed by atoms with E-state index in [-0.39, 0.29) is 5.56 Å². The lowest BCUT2D eigenvalue weighted by Crippen LogP contribution is -2.27. The minimum Gasteiger partial charge on any atom is -0.454 e. The molecule has 130 valence electrons. The third-order valence-electron chi connectivity index (χ3n) is 4.91. The maximum Gasteiger partial charge on any atom is 0.251 e. The second-order valence-corrected chi connectivity index (χ2v) is 6.51. The Balaban J connectivity index is 1.51. The molecule has 25 heavy (non-hydrogen) atoms. The van der Waals surface area contributed by atoms with Crippen LogP contribution in [-0.4, -0.2) is 29.3 Å². The SMILES string of the molecule is C=CCn1c2c(ccc1=O)CCN(Cc1ccc3c(c1)OCO3)CC2. The number of hydrogen-bond donors (Lipinski definition) is 0. The summed E-state index contributed by atoms with van der Waals surface area (Å²) in [6.07, 6.45) is 3.62. The molecule has 1 aromatic carbocycles. The van der Waals surface area contributed by atoms with E-state index in [1.165, 1.54) is 11.1 Å². The quantitative estimate of drug-likeness (QED) is 0.803. The first-order valence-electron chi connectivity index (χ1n) is 8.68. The van der Waals surface area contributed by atoms with Crippen molar-refractivity contribution in [3.63, 3.8) is 0 Å². The average Bonchev–Trinajstić information content (AvgIpc) is 2.99. The third kappa shape index (κ3) is 3.20. The van der Waals surface area contributed by atoms with E-state index in [4.69, 9.17) is 9.47 Å². The molecule has 0 N–H and O–H groups in total. The molecular formula is C20H22N2O3. The number of fused-ring (bicyclic) bond motifs is 2. The van der Waals surface area contributed by atoms with Crippen LogP contribution < -0.4 is 15.0 Å². The van der Waals surface area contributed by atoms with E-state index in [9.17, 15) is 4.79 Å². The molecule has 0 atom stereocenters. The molecule has 1 aromatic heterocycles. The first-order chi connectivity index (χ1) is 12.2. The Morgan fingerprint density at radius 3 is 2.80 bits per heavy atom. The van der Waals surface area contributed by atoms with Crippen molar-refractivity contribution in [2.24, 2.45) is 0 Å². The number of hydrogen-bond acceptors (Lipinski definition) is 4. The van der Waals surface area contributed by atoms with Crippen LogP contribution in [0.4, 0.5) is 0 Å². The normalized spacial score (nSPS) is 16.3. The molecule has 0 saturated carbocycles. The molecule has 5 nitrogen and oxygen atoms in total. The number of nitrogens with zero attached hydrogens (tertiary/aromatic N) is 2. The lowest BCUT2D eigenvalue weighted by atomic mass is 10.1. The molecular weight excluding hydrogens is 316 g/mol. The van der Waals surface area contributed by atoms with Gasteiger partial charge >= 0.3 is 0 Å². The molecule has 2 aromatic rings. The zero-order valence-corrected chi connectivity index (χ0v) is 14.2. The number of benzene rings is 1. The monoisotopic (exact) mass is 338 g/mol. The Morgan fingerprint density at radius 2 is 1.92 bits per heavy atom. The lowest BCUT2D eigenvalue weighted by molar-refractivity contribution is 0.174. The fraction of sp³-hybridized carbons (Fsp3) is 0.350. The van der Waals surface area contributed by atoms with E-state index in [0.717, 1.165) is 49.7 Å². The predicted molar refractivity (Wildman–Crippen MR) is 96.1 cm³/mol. The molecule has 0 unspecified atom stereocenters. The van der Waals surface area contributed by atoms with E-state index in [1.807, 2.05) is 16.7 Å². The van der Waals surface area contributed by atoms with Crippen LogP contribution in [0.2, 0.25) is 0 Å². The number of aromatic nitrogens is 1. The van der Waals surface area contributed by atoms with E-state index in [1.54, 1.807) is 12.1 Å². The van der Waals surface area contributed by atoms with Gasteiger partial charge in [0.05, 0.1) is 0 Å². The maximum atomic E-state index is 12.2. The Hall–Kier alpha value is -2.53. The van der Waals surface area contributed by atoms with Crippen molar-refractivity contribution in [1.82, 2.24) is 9.47 Å². The van der Waals surface area contributed by atoms with Crippen molar-refractivity contribution in [3.05, 3.63) is 70.2 Å². The van der Waals surface area contributed by atoms with Gasteiger partial charge in [-0.25, -0.2) is 0 Å². The highest BCUT2D eigenvalue weighted by molar-refractivity contribution is 5.44. The maximum absolute atomic E-state index is 12.2. The van der Waals surface area contributed by atoms with Crippen LogP contribution >= 0.6 is 0 Å². The third-order valence-corrected chi connectivity index (χ3v) is 4.91. The smallest absolute Gasteiger partial charge is 0.251 e. The summed E-state index contributed by atoms with van der Waals surface area (Å²) >= 11 is 0. The highest BCUT2D eigenvalue weighted by Crippen LogP contribution is 2.33. The Kier molecular flexibility index (Phi) is 4.32. The van der Waals surface area contributed by atoms with Crippen LogP contribution in [0.15, 0.2) is 47.8 Å². The van der Waals surface area contributed by atoms with Crippen molar-refractivity contribution in [2.75, 3.05) is 19.9 Å². The summed E-state index contributed by atoms with van der Waals surface area (Å²) in [4.78, 5) is 14.6. The summed E-state index contributed by atoms with van der Waals surface area (Å²) in [5, 5.41) is 0. The highest BCUT2D eigenvalue weighted by atomic mass is 16.7. The lowest BCUT2D eigenvalue weighted by Gasteiger charge is -2.20. The first-order valence-corrected chi connectivity index (χ1v) is 8.68. The van der Waals surface area contributed by atoms with Gasteiger partial charge in [0.2, 0.25) is 6.79 Å². The van der Waals surface area contributed by atoms with Crippen LogP contribution in [0.3, 0.4) is 0 Å². The molecule has 3 heterocycles. The van der Waals surface area contributed by atoms with Crippen LogP contribution in [0.1, 0.15) is 16.8 Å². The first kappa shape index (κ1) is 16.0. The molecule has 2 aliphatic rings. The van der Waals surface area contributed by atoms with Gasteiger partial charge in [0.1, 0.15) is 0 Å². The van der Waals surface area contributed by atoms with Gasteiger partial charge in [0, 0.05) is 44.4 Å². The Morgan fingerprint density at radius 1 is 1.08 bits per heavy atom. The van der Waals surface area contributed by atoms with Crippen LogP contribution in [0, 0.1) is 0 Å². The summed E-state index contributed by atoms with van der Waals surface area (Å²) < 4.78 is 12.7. The van der Waals surface area contributed by atoms with Crippen LogP contribution in [0.25, 0.3) is 0 Å². The van der Waals surface area contributed by atoms with Gasteiger partial charge in [-0.1, -0.05) is 18.2 Å². The fourth-order valence-corrected chi connectivity index (χ4v) is 3.63. The van der Waals surface area contributed by atoms with E-state index < -0.39 is 0 Å². The van der Waals surface area contributed by atoms with Crippen LogP contribution in [-0.2, 0) is 25.9 Å². The van der Waals surface area contributed by atoms with E-state index >= 15 is 0 Å². The van der Waals surface area contributed by atoms with E-state index in [2.05, 4.69) is 23.6 Å². The topological polar surface area (TPSA) is 43.7 Å². The molecule has 0 radical (unpaired) electrons. The predicted octanol–water partition coefficient (Wildman–Crippen LogP) is 2.36. The van der Waals surface area contributed by atoms with Crippen molar-refractivity contribution in [2.45, 2.75) is 25.9 Å². The number of rotatable bonds is 4. The summed E-state index contributed by atoms with van der Waals surface area (Å²) in [7, 11) is 0. The molecule has 0 saturated heterocycles. The Bertz CT molecular complexity index is 857. The van der Waals surface area contributed by atoms with Crippen molar-refractivity contribution < 1.29 is 9.47 Å². The molecule has 0 fully saturated rings. The van der Waals surface area contributed by atoms with E-state index in [0.29, 0.717) is 13.3 Å². The second-order valence-electron chi connectivity index (χ2n) is 6.51. The highest BCUT2D eigenvalue weighted by Gasteiger charge is 2.19. The fourth-order valence-electron chi connectivity index (χ4n) is 3.63. The van der Waals surface area contributed by atoms with Gasteiger partial charge in [-0.05, 0) is 29.7 Å². The van der Waals surface area contributed by atoms with Crippen molar-refractivity contribution in [1.29, 1.82) is 0 Å². The van der Waals surface area contributed by atoms with Crippen molar-refractivity contribution >= 4 is 0 Å². The van der Waals surface area contributed by atoms with Crippen LogP contribution in [0.5, 0.6) is 11.5 Å². The largest absolute Gasteiger partial charge is 0.454 e. The molecule has 4 rings (SSSR count). The molecule has 0 aliphatic carbocycles.